The fraction of sp³-hybridized carbons (Fsp3) is 0.550. The Balaban J connectivity index is 3.18. The minimum Gasteiger partial charge on any atom is -0.236 e. The molecule has 0 aliphatic heterocycles. The van der Waals surface area contributed by atoms with Gasteiger partial charge in [-0.3, -0.25) is 0 Å². The molecule has 0 unspecified atom stereocenters. The molecule has 0 aromatic heterocycles. The van der Waals surface area contributed by atoms with Gasteiger partial charge < -0.3 is 0 Å². The Morgan fingerprint density at radius 1 is 0.455 bits per heavy atom. The maximum Gasteiger partial charge on any atom is 0.147 e. The minimum absolute atomic E-state index is 0.518. The average molecular weight is 625 g/mol. The van der Waals surface area contributed by atoms with Crippen LogP contribution in [0.3, 0.4) is 0 Å². The summed E-state index contributed by atoms with van der Waals surface area (Å²) in [6.45, 7) is 36.9. The number of nitrogens with zero attached hydrogens (tertiary/aromatic N) is 2. The first-order chi connectivity index (χ1) is 20.4. The van der Waals surface area contributed by atoms with Crippen molar-refractivity contribution in [2.45, 2.75) is 144 Å². The van der Waals surface area contributed by atoms with Crippen LogP contribution < -0.4 is 0 Å². The van der Waals surface area contributed by atoms with Crippen LogP contribution in [0.2, 0.25) is 33.2 Å². The van der Waals surface area contributed by atoms with Crippen LogP contribution >= 0.6 is 0 Å². The van der Waals surface area contributed by atoms with Crippen molar-refractivity contribution in [3.05, 3.63) is 58.7 Å². The lowest BCUT2D eigenvalue weighted by Crippen LogP contribution is -2.43. The van der Waals surface area contributed by atoms with E-state index in [4.69, 9.17) is 9.98 Å². The zero-order chi connectivity index (χ0) is 33.6. The number of aliphatic imine (C=N–C) groups is 2. The lowest BCUT2D eigenvalue weighted by atomic mass is 10.1. The number of hydrogen-bond donors (Lipinski definition) is 0. The number of para-hydroxylation sites is 2. The van der Waals surface area contributed by atoms with Crippen LogP contribution in [0.25, 0.3) is 0 Å². The van der Waals surface area contributed by atoms with Crippen molar-refractivity contribution in [2.24, 2.45) is 9.98 Å². The summed E-state index contributed by atoms with van der Waals surface area (Å²) in [5, 5.41) is 0. The normalized spacial score (nSPS) is 13.2. The fourth-order valence-electron chi connectivity index (χ4n) is 7.67. The SMILES string of the molecule is Cc1cccc(C)c1N=C(C#C[Si](C(C)C)(C(C)C)C(C)C)C(C#C[Si](C(C)C)(C(C)C)C(C)C)=Nc1c(C)cccc1C. The number of hydrogen-bond acceptors (Lipinski definition) is 2. The Kier molecular flexibility index (Phi) is 13.3. The Hall–Kier alpha value is -2.67. The Labute approximate surface area is 273 Å². The van der Waals surface area contributed by atoms with E-state index in [-0.39, 0.29) is 0 Å². The van der Waals surface area contributed by atoms with Gasteiger partial charge in [0.2, 0.25) is 0 Å². The molecule has 2 aromatic carbocycles. The van der Waals surface area contributed by atoms with E-state index < -0.39 is 16.1 Å². The van der Waals surface area contributed by atoms with Crippen LogP contribution in [0.1, 0.15) is 105 Å². The highest BCUT2D eigenvalue weighted by atomic mass is 28.3. The van der Waals surface area contributed by atoms with Crippen molar-refractivity contribution < 1.29 is 0 Å². The molecule has 0 saturated heterocycles. The van der Waals surface area contributed by atoms with E-state index >= 15 is 0 Å². The van der Waals surface area contributed by atoms with Gasteiger partial charge >= 0.3 is 0 Å². The Morgan fingerprint density at radius 2 is 0.682 bits per heavy atom. The molecule has 0 aliphatic rings. The Morgan fingerprint density at radius 3 is 0.886 bits per heavy atom. The fourth-order valence-corrected chi connectivity index (χ4v) is 18.1. The summed E-state index contributed by atoms with van der Waals surface area (Å²) >= 11 is 0. The lowest BCUT2D eigenvalue weighted by molar-refractivity contribution is 0.838. The third-order valence-electron chi connectivity index (χ3n) is 10.1. The first-order valence-electron chi connectivity index (χ1n) is 16.8. The molecular weight excluding hydrogens is 565 g/mol. The molecule has 4 heteroatoms. The molecule has 2 aromatic rings. The molecule has 0 atom stereocenters. The highest BCUT2D eigenvalue weighted by Gasteiger charge is 2.43. The second kappa shape index (κ2) is 15.6. The summed E-state index contributed by atoms with van der Waals surface area (Å²) in [7, 11) is -4.09. The van der Waals surface area contributed by atoms with Crippen LogP contribution in [0.5, 0.6) is 0 Å². The second-order valence-corrected chi connectivity index (χ2v) is 25.9. The molecule has 0 bridgehead atoms. The number of benzene rings is 2. The Bertz CT molecular complexity index is 1280. The average Bonchev–Trinajstić information content (AvgIpc) is 2.90. The minimum atomic E-state index is -2.04. The summed E-state index contributed by atoms with van der Waals surface area (Å²) in [5.74, 6) is 7.47. The van der Waals surface area contributed by atoms with E-state index in [0.29, 0.717) is 44.7 Å². The monoisotopic (exact) mass is 624 g/mol. The number of aryl methyl sites for hydroxylation is 4. The predicted octanol–water partition coefficient (Wildman–Crippen LogP) is 12.2. The van der Waals surface area contributed by atoms with Gasteiger partial charge in [-0.2, -0.15) is 0 Å². The van der Waals surface area contributed by atoms with E-state index in [9.17, 15) is 0 Å². The molecule has 2 nitrogen and oxygen atoms in total. The summed E-state index contributed by atoms with van der Waals surface area (Å²) in [4.78, 5) is 10.8. The van der Waals surface area contributed by atoms with Gasteiger partial charge in [0.1, 0.15) is 27.6 Å². The molecule has 0 N–H and O–H groups in total. The predicted molar refractivity (Wildman–Crippen MR) is 204 cm³/mol. The maximum absolute atomic E-state index is 5.38. The summed E-state index contributed by atoms with van der Waals surface area (Å²) < 4.78 is 0. The van der Waals surface area contributed by atoms with Crippen LogP contribution in [0.4, 0.5) is 11.4 Å². The largest absolute Gasteiger partial charge is 0.236 e. The van der Waals surface area contributed by atoms with E-state index in [1.54, 1.807) is 0 Å². The third-order valence-corrected chi connectivity index (χ3v) is 22.7. The van der Waals surface area contributed by atoms with Crippen LogP contribution in [-0.2, 0) is 0 Å². The zero-order valence-corrected chi connectivity index (χ0v) is 32.8. The van der Waals surface area contributed by atoms with Crippen molar-refractivity contribution in [3.8, 4) is 22.9 Å². The van der Waals surface area contributed by atoms with Gasteiger partial charge in [-0.1, -0.05) is 131 Å². The van der Waals surface area contributed by atoms with Gasteiger partial charge in [0.25, 0.3) is 0 Å². The summed E-state index contributed by atoms with van der Waals surface area (Å²) in [6.07, 6.45) is 0. The van der Waals surface area contributed by atoms with E-state index in [1.807, 2.05) is 0 Å². The van der Waals surface area contributed by atoms with Crippen LogP contribution in [-0.4, -0.2) is 27.6 Å². The standard InChI is InChI=1S/C40H60N2Si2/c1-27(2)43(28(3)4,29(5)6)25-23-37(41-39-33(13)19-17-20-34(39)14)38(42-40-35(15)21-18-22-36(40)16)24-26-44(30(7)8,31(9)10)32(11)12/h17-22,27-32H,1-16H3. The van der Waals surface area contributed by atoms with Crippen molar-refractivity contribution in [2.75, 3.05) is 0 Å². The summed E-state index contributed by atoms with van der Waals surface area (Å²) in [6, 6.07) is 12.7. The molecule has 0 fully saturated rings. The first kappa shape index (κ1) is 37.5. The lowest BCUT2D eigenvalue weighted by Gasteiger charge is -2.38. The van der Waals surface area contributed by atoms with Crippen LogP contribution in [0.15, 0.2) is 46.4 Å². The molecule has 238 valence electrons. The number of rotatable bonds is 9. The van der Waals surface area contributed by atoms with Crippen molar-refractivity contribution in [3.63, 3.8) is 0 Å². The van der Waals surface area contributed by atoms with Gasteiger partial charge in [-0.15, -0.1) is 11.1 Å². The van der Waals surface area contributed by atoms with E-state index in [2.05, 4.69) is 170 Å². The molecule has 0 heterocycles. The van der Waals surface area contributed by atoms with Crippen molar-refractivity contribution >= 4 is 38.9 Å². The molecule has 44 heavy (non-hydrogen) atoms. The molecule has 0 spiro atoms. The second-order valence-electron chi connectivity index (χ2n) is 14.7. The zero-order valence-electron chi connectivity index (χ0n) is 30.8. The molecule has 0 aliphatic carbocycles. The van der Waals surface area contributed by atoms with Gasteiger partial charge in [-0.05, 0) is 83.2 Å². The van der Waals surface area contributed by atoms with Gasteiger partial charge in [0, 0.05) is 0 Å². The molecular formula is C40H60N2Si2. The van der Waals surface area contributed by atoms with Crippen molar-refractivity contribution in [1.82, 2.24) is 0 Å². The van der Waals surface area contributed by atoms with E-state index in [1.165, 1.54) is 0 Å². The highest BCUT2D eigenvalue weighted by Crippen LogP contribution is 2.42. The summed E-state index contributed by atoms with van der Waals surface area (Å²) in [5.41, 5.74) is 19.0. The first-order valence-corrected chi connectivity index (χ1v) is 21.3. The molecule has 2 rings (SSSR count). The highest BCUT2D eigenvalue weighted by molar-refractivity contribution is 6.91. The molecule has 0 saturated carbocycles. The van der Waals surface area contributed by atoms with E-state index in [0.717, 1.165) is 33.6 Å². The van der Waals surface area contributed by atoms with Gasteiger partial charge in [0.15, 0.2) is 0 Å². The van der Waals surface area contributed by atoms with Gasteiger partial charge in [-0.25, -0.2) is 9.98 Å². The smallest absolute Gasteiger partial charge is 0.147 e. The topological polar surface area (TPSA) is 24.7 Å². The quantitative estimate of drug-likeness (QED) is 0.151. The van der Waals surface area contributed by atoms with Gasteiger partial charge in [0.05, 0.1) is 11.4 Å². The molecule has 0 amide bonds. The van der Waals surface area contributed by atoms with Crippen molar-refractivity contribution in [1.29, 1.82) is 0 Å². The van der Waals surface area contributed by atoms with Crippen LogP contribution in [0, 0.1) is 50.6 Å². The molecule has 0 radical (unpaired) electrons. The maximum atomic E-state index is 5.38. The third kappa shape index (κ3) is 7.94.